The Hall–Kier alpha value is -1.69. The minimum Gasteiger partial charge on any atom is -0.472 e. The lowest BCUT2D eigenvalue weighted by Crippen LogP contribution is -2.25. The lowest BCUT2D eigenvalue weighted by atomic mass is 10.3. The van der Waals surface area contributed by atoms with E-state index in [9.17, 15) is 4.79 Å². The largest absolute Gasteiger partial charge is 0.472 e. The summed E-state index contributed by atoms with van der Waals surface area (Å²) < 4.78 is 5.74. The molecule has 2 aliphatic rings. The van der Waals surface area contributed by atoms with E-state index >= 15 is 0 Å². The molecule has 0 bridgehead atoms. The van der Waals surface area contributed by atoms with E-state index in [4.69, 9.17) is 4.74 Å². The van der Waals surface area contributed by atoms with Crippen LogP contribution in [0.5, 0.6) is 5.88 Å². The number of carbonyl (C=O) groups excluding carboxylic acids is 1. The van der Waals surface area contributed by atoms with Crippen LogP contribution in [0.3, 0.4) is 0 Å². The van der Waals surface area contributed by atoms with E-state index in [1.165, 1.54) is 0 Å². The number of ether oxygens (including phenoxy) is 1. The SMILES string of the molecule is O=C1CCCN1c1cncc(OC2CCNC2)n1. The van der Waals surface area contributed by atoms with Crippen LogP contribution in [-0.2, 0) is 4.79 Å². The van der Waals surface area contributed by atoms with E-state index in [0.29, 0.717) is 18.1 Å². The normalized spacial score (nSPS) is 23.7. The Labute approximate surface area is 105 Å². The number of hydrogen-bond acceptors (Lipinski definition) is 5. The molecular weight excluding hydrogens is 232 g/mol. The van der Waals surface area contributed by atoms with Gasteiger partial charge in [0.25, 0.3) is 0 Å². The standard InChI is InChI=1S/C12H16N4O2/c17-12-2-1-5-16(12)10-7-14-8-11(15-10)18-9-3-4-13-6-9/h7-9,13H,1-6H2. The molecule has 3 heterocycles. The third-order valence-electron chi connectivity index (χ3n) is 3.25. The molecule has 2 aliphatic heterocycles. The van der Waals surface area contributed by atoms with E-state index in [-0.39, 0.29) is 12.0 Å². The van der Waals surface area contributed by atoms with Crippen molar-refractivity contribution in [2.75, 3.05) is 24.5 Å². The molecule has 2 fully saturated rings. The predicted molar refractivity (Wildman–Crippen MR) is 65.5 cm³/mol. The molecule has 0 saturated carbocycles. The Kier molecular flexibility index (Phi) is 3.10. The number of aromatic nitrogens is 2. The second kappa shape index (κ2) is 4.89. The first-order valence-electron chi connectivity index (χ1n) is 6.33. The van der Waals surface area contributed by atoms with E-state index in [1.807, 2.05) is 0 Å². The van der Waals surface area contributed by atoms with E-state index in [2.05, 4.69) is 15.3 Å². The maximum atomic E-state index is 11.6. The Morgan fingerprint density at radius 2 is 2.39 bits per heavy atom. The third-order valence-corrected chi connectivity index (χ3v) is 3.25. The molecule has 1 N–H and O–H groups in total. The molecule has 2 saturated heterocycles. The summed E-state index contributed by atoms with van der Waals surface area (Å²) in [4.78, 5) is 21.8. The number of rotatable bonds is 3. The van der Waals surface area contributed by atoms with Crippen LogP contribution in [0.4, 0.5) is 5.82 Å². The Balaban J connectivity index is 1.73. The Morgan fingerprint density at radius 1 is 1.44 bits per heavy atom. The van der Waals surface area contributed by atoms with Crippen molar-refractivity contribution in [2.24, 2.45) is 0 Å². The van der Waals surface area contributed by atoms with E-state index < -0.39 is 0 Å². The fraction of sp³-hybridized carbons (Fsp3) is 0.583. The van der Waals surface area contributed by atoms with Crippen molar-refractivity contribution in [1.29, 1.82) is 0 Å². The number of anilines is 1. The van der Waals surface area contributed by atoms with Crippen molar-refractivity contribution >= 4 is 11.7 Å². The molecule has 0 radical (unpaired) electrons. The van der Waals surface area contributed by atoms with Gasteiger partial charge < -0.3 is 10.1 Å². The fourth-order valence-electron chi connectivity index (χ4n) is 2.32. The van der Waals surface area contributed by atoms with Crippen molar-refractivity contribution in [3.8, 4) is 5.88 Å². The average molecular weight is 248 g/mol. The van der Waals surface area contributed by atoms with Crippen LogP contribution >= 0.6 is 0 Å². The maximum Gasteiger partial charge on any atom is 0.234 e. The molecular formula is C12H16N4O2. The molecule has 6 heteroatoms. The van der Waals surface area contributed by atoms with Gasteiger partial charge in [-0.25, -0.2) is 0 Å². The zero-order valence-electron chi connectivity index (χ0n) is 10.1. The summed E-state index contributed by atoms with van der Waals surface area (Å²) in [5.74, 6) is 1.21. The van der Waals surface area contributed by atoms with Crippen LogP contribution < -0.4 is 15.0 Å². The minimum atomic E-state index is 0.115. The van der Waals surface area contributed by atoms with Crippen molar-refractivity contribution < 1.29 is 9.53 Å². The molecule has 0 aliphatic carbocycles. The first-order valence-corrected chi connectivity index (χ1v) is 6.33. The van der Waals surface area contributed by atoms with E-state index in [1.54, 1.807) is 17.3 Å². The van der Waals surface area contributed by atoms with Crippen molar-refractivity contribution in [1.82, 2.24) is 15.3 Å². The monoisotopic (exact) mass is 248 g/mol. The number of hydrogen-bond donors (Lipinski definition) is 1. The molecule has 1 amide bonds. The quantitative estimate of drug-likeness (QED) is 0.835. The fourth-order valence-corrected chi connectivity index (χ4v) is 2.32. The second-order valence-electron chi connectivity index (χ2n) is 4.60. The number of nitrogens with one attached hydrogen (secondary N) is 1. The highest BCUT2D eigenvalue weighted by Gasteiger charge is 2.24. The molecule has 18 heavy (non-hydrogen) atoms. The van der Waals surface area contributed by atoms with Gasteiger partial charge in [0, 0.05) is 19.5 Å². The summed E-state index contributed by atoms with van der Waals surface area (Å²) in [6.45, 7) is 2.54. The summed E-state index contributed by atoms with van der Waals surface area (Å²) >= 11 is 0. The number of carbonyl (C=O) groups is 1. The summed E-state index contributed by atoms with van der Waals surface area (Å²) in [7, 11) is 0. The second-order valence-corrected chi connectivity index (χ2v) is 4.60. The molecule has 0 aromatic carbocycles. The highest BCUT2D eigenvalue weighted by atomic mass is 16.5. The molecule has 3 rings (SSSR count). The van der Waals surface area contributed by atoms with E-state index in [0.717, 1.165) is 32.5 Å². The third kappa shape index (κ3) is 2.28. The van der Waals surface area contributed by atoms with Gasteiger partial charge in [0.2, 0.25) is 11.8 Å². The van der Waals surface area contributed by atoms with Gasteiger partial charge in [-0.15, -0.1) is 0 Å². The summed E-state index contributed by atoms with van der Waals surface area (Å²) in [6, 6.07) is 0. The maximum absolute atomic E-state index is 11.6. The van der Waals surface area contributed by atoms with Crippen LogP contribution in [0.15, 0.2) is 12.4 Å². The molecule has 96 valence electrons. The van der Waals surface area contributed by atoms with Gasteiger partial charge in [0.1, 0.15) is 6.10 Å². The van der Waals surface area contributed by atoms with Crippen LogP contribution in [0, 0.1) is 0 Å². The highest BCUT2D eigenvalue weighted by molar-refractivity contribution is 5.94. The molecule has 1 atom stereocenters. The molecule has 1 aromatic heterocycles. The van der Waals surface area contributed by atoms with Crippen molar-refractivity contribution in [2.45, 2.75) is 25.4 Å². The van der Waals surface area contributed by atoms with Crippen LogP contribution in [0.1, 0.15) is 19.3 Å². The zero-order valence-corrected chi connectivity index (χ0v) is 10.1. The van der Waals surface area contributed by atoms with Crippen LogP contribution in [-0.4, -0.2) is 41.6 Å². The summed E-state index contributed by atoms with van der Waals surface area (Å²) in [5.41, 5.74) is 0. The van der Waals surface area contributed by atoms with Gasteiger partial charge in [0.15, 0.2) is 5.82 Å². The predicted octanol–water partition coefficient (Wildman–Crippen LogP) is 0.344. The first kappa shape index (κ1) is 11.4. The van der Waals surface area contributed by atoms with Gasteiger partial charge in [-0.1, -0.05) is 0 Å². The summed E-state index contributed by atoms with van der Waals surface area (Å²) in [5, 5.41) is 3.23. The lowest BCUT2D eigenvalue weighted by Gasteiger charge is -2.16. The summed E-state index contributed by atoms with van der Waals surface area (Å²) in [6.07, 6.45) is 5.83. The zero-order chi connectivity index (χ0) is 12.4. The van der Waals surface area contributed by atoms with Crippen LogP contribution in [0.2, 0.25) is 0 Å². The minimum absolute atomic E-state index is 0.115. The van der Waals surface area contributed by atoms with Crippen molar-refractivity contribution in [3.05, 3.63) is 12.4 Å². The lowest BCUT2D eigenvalue weighted by molar-refractivity contribution is -0.117. The number of nitrogens with zero attached hydrogens (tertiary/aromatic N) is 3. The Morgan fingerprint density at radius 3 is 3.11 bits per heavy atom. The topological polar surface area (TPSA) is 67.4 Å². The molecule has 1 unspecified atom stereocenters. The average Bonchev–Trinajstić information content (AvgIpc) is 3.01. The van der Waals surface area contributed by atoms with Crippen LogP contribution in [0.25, 0.3) is 0 Å². The smallest absolute Gasteiger partial charge is 0.234 e. The molecule has 6 nitrogen and oxygen atoms in total. The first-order chi connectivity index (χ1) is 8.83. The Bertz CT molecular complexity index is 445. The molecule has 0 spiro atoms. The number of amides is 1. The van der Waals surface area contributed by atoms with Gasteiger partial charge in [-0.05, 0) is 19.4 Å². The van der Waals surface area contributed by atoms with Gasteiger partial charge in [-0.2, -0.15) is 4.98 Å². The van der Waals surface area contributed by atoms with Gasteiger partial charge in [0.05, 0.1) is 12.4 Å². The highest BCUT2D eigenvalue weighted by Crippen LogP contribution is 2.21. The van der Waals surface area contributed by atoms with Gasteiger partial charge >= 0.3 is 0 Å². The van der Waals surface area contributed by atoms with Gasteiger partial charge in [-0.3, -0.25) is 14.7 Å². The van der Waals surface area contributed by atoms with Crippen molar-refractivity contribution in [3.63, 3.8) is 0 Å². The molecule has 1 aromatic rings.